The highest BCUT2D eigenvalue weighted by atomic mass is 35.5. The average molecular weight is 292 g/mol. The van der Waals surface area contributed by atoms with Crippen LogP contribution in [0.5, 0.6) is 0 Å². The topological polar surface area (TPSA) is 75.4 Å². The molecule has 2 heterocycles. The fourth-order valence-electron chi connectivity index (χ4n) is 2.30. The van der Waals surface area contributed by atoms with Crippen molar-refractivity contribution >= 4 is 23.5 Å². The van der Waals surface area contributed by atoms with Gasteiger partial charge in [-0.1, -0.05) is 11.6 Å². The van der Waals surface area contributed by atoms with Crippen molar-refractivity contribution in [3.8, 4) is 5.69 Å². The van der Waals surface area contributed by atoms with Crippen molar-refractivity contribution in [1.29, 1.82) is 0 Å². The molecule has 0 aliphatic carbocycles. The lowest BCUT2D eigenvalue weighted by Crippen LogP contribution is -2.25. The van der Waals surface area contributed by atoms with Crippen LogP contribution in [0, 0.1) is 0 Å². The molecule has 0 atom stereocenters. The summed E-state index contributed by atoms with van der Waals surface area (Å²) in [5, 5.41) is 9.64. The van der Waals surface area contributed by atoms with Gasteiger partial charge in [0.1, 0.15) is 6.33 Å². The molecule has 0 bridgehead atoms. The number of carboxylic acids is 1. The molecule has 0 fully saturated rings. The van der Waals surface area contributed by atoms with E-state index in [4.69, 9.17) is 11.6 Å². The van der Waals surface area contributed by atoms with Gasteiger partial charge in [0.25, 0.3) is 5.91 Å². The number of aromatic nitrogens is 2. The number of aromatic carboxylic acids is 1. The van der Waals surface area contributed by atoms with Crippen molar-refractivity contribution in [2.75, 3.05) is 7.05 Å². The first kappa shape index (κ1) is 12.7. The minimum absolute atomic E-state index is 0.0579. The first-order valence-corrected chi connectivity index (χ1v) is 6.21. The maximum Gasteiger partial charge on any atom is 0.356 e. The van der Waals surface area contributed by atoms with E-state index < -0.39 is 5.97 Å². The molecule has 1 N–H and O–H groups in total. The van der Waals surface area contributed by atoms with E-state index in [1.807, 2.05) is 0 Å². The van der Waals surface area contributed by atoms with Crippen LogP contribution in [0.2, 0.25) is 5.02 Å². The standard InChI is InChI=1S/C13H10ClN3O3/c1-16-5-10-11(13(19)20)15-6-17(10)9-4-7(14)2-3-8(9)12(16)18/h2-4,6H,5H2,1H3,(H,19,20). The number of carbonyl (C=O) groups excluding carboxylic acids is 1. The lowest BCUT2D eigenvalue weighted by Gasteiger charge is -2.14. The van der Waals surface area contributed by atoms with Crippen LogP contribution in [0.4, 0.5) is 0 Å². The van der Waals surface area contributed by atoms with Crippen molar-refractivity contribution < 1.29 is 14.7 Å². The van der Waals surface area contributed by atoms with Crippen LogP contribution in [-0.2, 0) is 6.54 Å². The third kappa shape index (κ3) is 1.77. The molecule has 1 aliphatic heterocycles. The Labute approximate surface area is 119 Å². The van der Waals surface area contributed by atoms with E-state index in [1.54, 1.807) is 29.8 Å². The van der Waals surface area contributed by atoms with Gasteiger partial charge >= 0.3 is 5.97 Å². The number of benzene rings is 1. The molecular weight excluding hydrogens is 282 g/mol. The zero-order valence-corrected chi connectivity index (χ0v) is 11.3. The molecule has 2 aromatic rings. The number of hydrogen-bond donors (Lipinski definition) is 1. The number of imidazole rings is 1. The number of hydrogen-bond acceptors (Lipinski definition) is 3. The summed E-state index contributed by atoms with van der Waals surface area (Å²) in [5.41, 5.74) is 1.40. The molecule has 0 spiro atoms. The summed E-state index contributed by atoms with van der Waals surface area (Å²) < 4.78 is 1.60. The van der Waals surface area contributed by atoms with E-state index >= 15 is 0 Å². The van der Waals surface area contributed by atoms with Crippen molar-refractivity contribution in [2.24, 2.45) is 0 Å². The SMILES string of the molecule is CN1Cc2c(C(=O)O)ncn2-c2cc(Cl)ccc2C1=O. The number of halogens is 1. The first-order valence-electron chi connectivity index (χ1n) is 5.84. The highest BCUT2D eigenvalue weighted by molar-refractivity contribution is 6.31. The fourth-order valence-corrected chi connectivity index (χ4v) is 2.46. The quantitative estimate of drug-likeness (QED) is 0.869. The Morgan fingerprint density at radius 3 is 2.90 bits per heavy atom. The summed E-state index contributed by atoms with van der Waals surface area (Å²) in [7, 11) is 1.62. The Hall–Kier alpha value is -2.34. The van der Waals surface area contributed by atoms with E-state index in [2.05, 4.69) is 4.98 Å². The molecule has 7 heteroatoms. The second kappa shape index (κ2) is 4.35. The van der Waals surface area contributed by atoms with E-state index in [1.165, 1.54) is 11.2 Å². The first-order chi connectivity index (χ1) is 9.49. The third-order valence-corrected chi connectivity index (χ3v) is 3.49. The van der Waals surface area contributed by atoms with Crippen molar-refractivity contribution in [3.05, 3.63) is 46.5 Å². The number of carboxylic acid groups (broad SMARTS) is 1. The third-order valence-electron chi connectivity index (χ3n) is 3.25. The predicted molar refractivity (Wildman–Crippen MR) is 71.3 cm³/mol. The van der Waals surface area contributed by atoms with Gasteiger partial charge in [-0.3, -0.25) is 9.36 Å². The Balaban J connectivity index is 2.32. The minimum Gasteiger partial charge on any atom is -0.476 e. The van der Waals surface area contributed by atoms with Crippen molar-refractivity contribution in [3.63, 3.8) is 0 Å². The molecule has 3 rings (SSSR count). The number of rotatable bonds is 1. The minimum atomic E-state index is -1.12. The summed E-state index contributed by atoms with van der Waals surface area (Å²) in [4.78, 5) is 28.9. The molecule has 6 nitrogen and oxygen atoms in total. The summed E-state index contributed by atoms with van der Waals surface area (Å²) in [6, 6.07) is 4.89. The highest BCUT2D eigenvalue weighted by Crippen LogP contribution is 2.27. The molecular formula is C13H10ClN3O3. The van der Waals surface area contributed by atoms with Gasteiger partial charge in [0.15, 0.2) is 5.69 Å². The monoisotopic (exact) mass is 291 g/mol. The lowest BCUT2D eigenvalue weighted by molar-refractivity contribution is 0.0683. The van der Waals surface area contributed by atoms with Crippen LogP contribution in [-0.4, -0.2) is 38.5 Å². The van der Waals surface area contributed by atoms with Gasteiger partial charge in [-0.05, 0) is 18.2 Å². The van der Waals surface area contributed by atoms with Gasteiger partial charge in [0.05, 0.1) is 23.5 Å². The van der Waals surface area contributed by atoms with Crippen LogP contribution in [0.25, 0.3) is 5.69 Å². The molecule has 1 amide bonds. The van der Waals surface area contributed by atoms with E-state index in [-0.39, 0.29) is 18.1 Å². The van der Waals surface area contributed by atoms with Gasteiger partial charge in [-0.15, -0.1) is 0 Å². The fraction of sp³-hybridized carbons (Fsp3) is 0.154. The van der Waals surface area contributed by atoms with Crippen LogP contribution in [0.3, 0.4) is 0 Å². The molecule has 20 heavy (non-hydrogen) atoms. The van der Waals surface area contributed by atoms with E-state index in [9.17, 15) is 14.7 Å². The maximum atomic E-state index is 12.3. The Kier molecular flexibility index (Phi) is 2.76. The van der Waals surface area contributed by atoms with Gasteiger partial charge < -0.3 is 10.0 Å². The lowest BCUT2D eigenvalue weighted by atomic mass is 10.1. The second-order valence-electron chi connectivity index (χ2n) is 4.54. The molecule has 0 unspecified atom stereocenters. The summed E-state index contributed by atoms with van der Waals surface area (Å²) in [5.74, 6) is -1.30. The zero-order chi connectivity index (χ0) is 14.4. The van der Waals surface area contributed by atoms with Crippen LogP contribution in [0.1, 0.15) is 26.5 Å². The normalized spacial score (nSPS) is 13.7. The molecule has 0 saturated heterocycles. The Morgan fingerprint density at radius 2 is 2.20 bits per heavy atom. The Bertz CT molecular complexity index is 738. The number of carbonyl (C=O) groups is 2. The average Bonchev–Trinajstić information content (AvgIpc) is 2.77. The van der Waals surface area contributed by atoms with Crippen molar-refractivity contribution in [1.82, 2.24) is 14.5 Å². The largest absolute Gasteiger partial charge is 0.476 e. The number of fused-ring (bicyclic) bond motifs is 3. The second-order valence-corrected chi connectivity index (χ2v) is 4.97. The number of amides is 1. The smallest absolute Gasteiger partial charge is 0.356 e. The van der Waals surface area contributed by atoms with E-state index in [0.717, 1.165) is 0 Å². The Morgan fingerprint density at radius 1 is 1.45 bits per heavy atom. The summed E-state index contributed by atoms with van der Waals surface area (Å²) in [6.07, 6.45) is 1.40. The number of nitrogens with zero attached hydrogens (tertiary/aromatic N) is 3. The van der Waals surface area contributed by atoms with Crippen molar-refractivity contribution in [2.45, 2.75) is 6.54 Å². The molecule has 1 aromatic carbocycles. The van der Waals surface area contributed by atoms with Crippen LogP contribution >= 0.6 is 11.6 Å². The van der Waals surface area contributed by atoms with Gasteiger partial charge in [-0.25, -0.2) is 9.78 Å². The zero-order valence-electron chi connectivity index (χ0n) is 10.5. The van der Waals surface area contributed by atoms with Gasteiger partial charge in [0.2, 0.25) is 0 Å². The van der Waals surface area contributed by atoms with Crippen LogP contribution in [0.15, 0.2) is 24.5 Å². The molecule has 102 valence electrons. The molecule has 0 radical (unpaired) electrons. The molecule has 1 aromatic heterocycles. The van der Waals surface area contributed by atoms with Crippen LogP contribution < -0.4 is 0 Å². The van der Waals surface area contributed by atoms with Gasteiger partial charge in [0, 0.05) is 12.1 Å². The summed E-state index contributed by atoms with van der Waals surface area (Å²) in [6.45, 7) is 0.173. The highest BCUT2D eigenvalue weighted by Gasteiger charge is 2.28. The molecule has 1 aliphatic rings. The van der Waals surface area contributed by atoms with E-state index in [0.29, 0.717) is 22.0 Å². The summed E-state index contributed by atoms with van der Waals surface area (Å²) >= 11 is 5.97. The van der Waals surface area contributed by atoms with Gasteiger partial charge in [-0.2, -0.15) is 0 Å². The predicted octanol–water partition coefficient (Wildman–Crippen LogP) is 1.81. The molecule has 0 saturated carbocycles. The maximum absolute atomic E-state index is 12.3.